The van der Waals surface area contributed by atoms with Crippen molar-refractivity contribution >= 4 is 28.4 Å². The Labute approximate surface area is 243 Å². The van der Waals surface area contributed by atoms with Crippen LogP contribution in [0, 0.1) is 5.82 Å². The van der Waals surface area contributed by atoms with Gasteiger partial charge in [0.2, 0.25) is 0 Å². The van der Waals surface area contributed by atoms with Crippen LogP contribution in [0.2, 0.25) is 5.02 Å². The van der Waals surface area contributed by atoms with Gasteiger partial charge in [-0.15, -0.1) is 0 Å². The number of benzene rings is 4. The summed E-state index contributed by atoms with van der Waals surface area (Å²) in [7, 11) is 3.19. The Hall–Kier alpha value is -4.49. The molecule has 4 aromatic carbocycles. The second-order valence-corrected chi connectivity index (χ2v) is 9.95. The fraction of sp³-hybridized carbons (Fsp3) is 0.182. The van der Waals surface area contributed by atoms with E-state index in [0.29, 0.717) is 53.0 Å². The van der Waals surface area contributed by atoms with Crippen LogP contribution in [0.3, 0.4) is 0 Å². The van der Waals surface area contributed by atoms with Crippen molar-refractivity contribution in [1.82, 2.24) is 9.88 Å². The van der Waals surface area contributed by atoms with Gasteiger partial charge >= 0.3 is 0 Å². The highest BCUT2D eigenvalue weighted by atomic mass is 35.5. The molecule has 0 saturated carbocycles. The first kappa shape index (κ1) is 28.1. The van der Waals surface area contributed by atoms with Gasteiger partial charge in [0, 0.05) is 29.1 Å². The van der Waals surface area contributed by atoms with Crippen LogP contribution in [-0.2, 0) is 19.6 Å². The molecule has 5 aromatic rings. The second-order valence-electron chi connectivity index (χ2n) is 9.51. The number of hydrogen-bond donors (Lipinski definition) is 1. The summed E-state index contributed by atoms with van der Waals surface area (Å²) in [5.74, 6) is 1.31. The number of carbonyl (C=O) groups is 1. The van der Waals surface area contributed by atoms with Crippen LogP contribution in [0.1, 0.15) is 27.2 Å². The molecule has 0 aliphatic rings. The lowest BCUT2D eigenvalue weighted by molar-refractivity contribution is 0.0945. The fourth-order valence-electron chi connectivity index (χ4n) is 4.78. The summed E-state index contributed by atoms with van der Waals surface area (Å²) in [5, 5.41) is 4.43. The van der Waals surface area contributed by atoms with Crippen LogP contribution in [-0.4, -0.2) is 31.2 Å². The molecular weight excluding hydrogens is 543 g/mol. The number of ether oxygens (including phenoxy) is 3. The molecule has 0 bridgehead atoms. The molecule has 0 saturated heterocycles. The Balaban J connectivity index is 1.41. The Morgan fingerprint density at radius 1 is 0.854 bits per heavy atom. The highest BCUT2D eigenvalue weighted by Crippen LogP contribution is 2.31. The highest BCUT2D eigenvalue weighted by Gasteiger charge is 2.19. The summed E-state index contributed by atoms with van der Waals surface area (Å²) in [6, 6.07) is 27.2. The largest absolute Gasteiger partial charge is 0.493 e. The van der Waals surface area contributed by atoms with Gasteiger partial charge in [-0.05, 0) is 66.1 Å². The van der Waals surface area contributed by atoms with Gasteiger partial charge in [0.15, 0.2) is 11.5 Å². The SMILES string of the molecule is COc1ccc(CCNC(=O)c2cc3c(OCc4ccccc4F)cccc3n2Cc2cccc(Cl)c2)cc1OC. The predicted octanol–water partition coefficient (Wildman–Crippen LogP) is 7.05. The van der Waals surface area contributed by atoms with E-state index in [9.17, 15) is 9.18 Å². The van der Waals surface area contributed by atoms with E-state index in [1.54, 1.807) is 32.4 Å². The number of nitrogens with one attached hydrogen (secondary N) is 1. The molecule has 0 radical (unpaired) electrons. The molecule has 5 rings (SSSR count). The van der Waals surface area contributed by atoms with Crippen molar-refractivity contribution in [3.05, 3.63) is 124 Å². The molecule has 1 heterocycles. The highest BCUT2D eigenvalue weighted by molar-refractivity contribution is 6.30. The third-order valence-electron chi connectivity index (χ3n) is 6.86. The van der Waals surface area contributed by atoms with E-state index in [1.807, 2.05) is 71.3 Å². The van der Waals surface area contributed by atoms with Crippen LogP contribution >= 0.6 is 11.6 Å². The molecule has 0 aliphatic heterocycles. The number of nitrogens with zero attached hydrogens (tertiary/aromatic N) is 1. The Bertz CT molecular complexity index is 1680. The number of aromatic nitrogens is 1. The van der Waals surface area contributed by atoms with Gasteiger partial charge in [-0.2, -0.15) is 0 Å². The van der Waals surface area contributed by atoms with Gasteiger partial charge in [0.05, 0.1) is 19.7 Å². The molecule has 0 unspecified atom stereocenters. The third kappa shape index (κ3) is 6.47. The van der Waals surface area contributed by atoms with E-state index in [4.69, 9.17) is 25.8 Å². The number of rotatable bonds is 11. The standard InChI is InChI=1S/C33H30ClFN2O4/c1-39-31-14-13-22(18-32(31)40-2)15-16-36-33(38)29-19-26-28(37(29)20-23-7-5-9-25(34)17-23)11-6-12-30(26)41-21-24-8-3-4-10-27(24)35/h3-14,17-19H,15-16,20-21H2,1-2H3,(H,36,38). The van der Waals surface area contributed by atoms with Crippen molar-refractivity contribution in [1.29, 1.82) is 0 Å². The number of fused-ring (bicyclic) bond motifs is 1. The van der Waals surface area contributed by atoms with Crippen molar-refractivity contribution in [2.75, 3.05) is 20.8 Å². The van der Waals surface area contributed by atoms with E-state index in [2.05, 4.69) is 5.32 Å². The zero-order chi connectivity index (χ0) is 28.8. The van der Waals surface area contributed by atoms with Crippen LogP contribution < -0.4 is 19.5 Å². The molecular formula is C33H30ClFN2O4. The van der Waals surface area contributed by atoms with Gasteiger partial charge in [-0.3, -0.25) is 4.79 Å². The van der Waals surface area contributed by atoms with Crippen LogP contribution in [0.5, 0.6) is 17.2 Å². The maximum absolute atomic E-state index is 14.2. The number of carbonyl (C=O) groups excluding carboxylic acids is 1. The van der Waals surface area contributed by atoms with E-state index < -0.39 is 0 Å². The molecule has 1 amide bonds. The van der Waals surface area contributed by atoms with E-state index >= 15 is 0 Å². The van der Waals surface area contributed by atoms with Gasteiger partial charge in [0.25, 0.3) is 5.91 Å². The molecule has 0 atom stereocenters. The van der Waals surface area contributed by atoms with E-state index in [0.717, 1.165) is 22.0 Å². The fourth-order valence-corrected chi connectivity index (χ4v) is 4.99. The molecule has 41 heavy (non-hydrogen) atoms. The molecule has 1 aromatic heterocycles. The molecule has 210 valence electrons. The van der Waals surface area contributed by atoms with Crippen LogP contribution in [0.15, 0.2) is 91.0 Å². The van der Waals surface area contributed by atoms with Gasteiger partial charge in [-0.25, -0.2) is 4.39 Å². The maximum Gasteiger partial charge on any atom is 0.267 e. The monoisotopic (exact) mass is 572 g/mol. The number of amides is 1. The molecule has 0 fully saturated rings. The first-order valence-corrected chi connectivity index (χ1v) is 13.6. The van der Waals surface area contributed by atoms with Crippen molar-refractivity contribution < 1.29 is 23.4 Å². The minimum absolute atomic E-state index is 0.0676. The Morgan fingerprint density at radius 2 is 1.66 bits per heavy atom. The first-order chi connectivity index (χ1) is 20.0. The summed E-state index contributed by atoms with van der Waals surface area (Å²) in [6.07, 6.45) is 0.609. The molecule has 6 nitrogen and oxygen atoms in total. The zero-order valence-electron chi connectivity index (χ0n) is 22.8. The normalized spacial score (nSPS) is 10.9. The summed E-state index contributed by atoms with van der Waals surface area (Å²) < 4.78 is 32.9. The smallest absolute Gasteiger partial charge is 0.267 e. The number of methoxy groups -OCH3 is 2. The topological polar surface area (TPSA) is 61.7 Å². The minimum atomic E-state index is -0.326. The van der Waals surface area contributed by atoms with Crippen molar-refractivity contribution in [3.8, 4) is 17.2 Å². The van der Waals surface area contributed by atoms with Crippen LogP contribution in [0.25, 0.3) is 10.9 Å². The lowest BCUT2D eigenvalue weighted by atomic mass is 10.1. The average molecular weight is 573 g/mol. The van der Waals surface area contributed by atoms with Gasteiger partial charge < -0.3 is 24.1 Å². The lowest BCUT2D eigenvalue weighted by Gasteiger charge is -2.13. The average Bonchev–Trinajstić information content (AvgIpc) is 3.35. The van der Waals surface area contributed by atoms with E-state index in [-0.39, 0.29) is 18.3 Å². The van der Waals surface area contributed by atoms with Crippen molar-refractivity contribution in [2.24, 2.45) is 0 Å². The second kappa shape index (κ2) is 12.8. The Kier molecular flexibility index (Phi) is 8.75. The number of hydrogen-bond acceptors (Lipinski definition) is 4. The van der Waals surface area contributed by atoms with Crippen molar-refractivity contribution in [2.45, 2.75) is 19.6 Å². The maximum atomic E-state index is 14.2. The minimum Gasteiger partial charge on any atom is -0.493 e. The summed E-state index contributed by atoms with van der Waals surface area (Å²) in [6.45, 7) is 0.918. The van der Waals surface area contributed by atoms with E-state index in [1.165, 1.54) is 6.07 Å². The van der Waals surface area contributed by atoms with Gasteiger partial charge in [0.1, 0.15) is 23.9 Å². The molecule has 0 aliphatic carbocycles. The zero-order valence-corrected chi connectivity index (χ0v) is 23.6. The first-order valence-electron chi connectivity index (χ1n) is 13.2. The molecule has 0 spiro atoms. The molecule has 1 N–H and O–H groups in total. The van der Waals surface area contributed by atoms with Crippen LogP contribution in [0.4, 0.5) is 4.39 Å². The Morgan fingerprint density at radius 3 is 2.44 bits per heavy atom. The molecule has 8 heteroatoms. The quantitative estimate of drug-likeness (QED) is 0.184. The van der Waals surface area contributed by atoms with Gasteiger partial charge in [-0.1, -0.05) is 54.1 Å². The lowest BCUT2D eigenvalue weighted by Crippen LogP contribution is -2.28. The summed E-state index contributed by atoms with van der Waals surface area (Å²) >= 11 is 6.25. The number of halogens is 2. The van der Waals surface area contributed by atoms with Crippen molar-refractivity contribution in [3.63, 3.8) is 0 Å². The summed E-state index contributed by atoms with van der Waals surface area (Å²) in [5.41, 5.74) is 3.71. The summed E-state index contributed by atoms with van der Waals surface area (Å²) in [4.78, 5) is 13.5. The predicted molar refractivity (Wildman–Crippen MR) is 159 cm³/mol. The third-order valence-corrected chi connectivity index (χ3v) is 7.09.